The zero-order valence-electron chi connectivity index (χ0n) is 13.3. The molecule has 1 atom stereocenters. The molecule has 3 rings (SSSR count). The quantitative estimate of drug-likeness (QED) is 0.842. The Hall–Kier alpha value is -2.18. The lowest BCUT2D eigenvalue weighted by Crippen LogP contribution is -2.27. The Morgan fingerprint density at radius 2 is 2.27 bits per heavy atom. The highest BCUT2D eigenvalue weighted by molar-refractivity contribution is 5.36. The van der Waals surface area contributed by atoms with Gasteiger partial charge < -0.3 is 14.2 Å². The maximum atomic E-state index is 5.21. The first-order chi connectivity index (χ1) is 10.7. The molecule has 22 heavy (non-hydrogen) atoms. The van der Waals surface area contributed by atoms with E-state index in [0.717, 1.165) is 31.8 Å². The molecule has 0 saturated carbocycles. The van der Waals surface area contributed by atoms with Gasteiger partial charge in [-0.05, 0) is 18.8 Å². The van der Waals surface area contributed by atoms with Crippen molar-refractivity contribution in [2.75, 3.05) is 18.6 Å². The number of rotatable bonds is 5. The Morgan fingerprint density at radius 3 is 3.05 bits per heavy atom. The van der Waals surface area contributed by atoms with Crippen molar-refractivity contribution in [3.8, 4) is 5.88 Å². The van der Waals surface area contributed by atoms with E-state index in [2.05, 4.69) is 43.5 Å². The fraction of sp³-hybridized carbons (Fsp3) is 0.600. The summed E-state index contributed by atoms with van der Waals surface area (Å²) in [6.45, 7) is 6.24. The number of nitrogens with zero attached hydrogens (tertiary/aromatic N) is 6. The fourth-order valence-corrected chi connectivity index (χ4v) is 2.92. The van der Waals surface area contributed by atoms with Crippen LogP contribution in [0.15, 0.2) is 18.6 Å². The number of ether oxygens (including phenoxy) is 1. The van der Waals surface area contributed by atoms with Gasteiger partial charge in [-0.3, -0.25) is 0 Å². The van der Waals surface area contributed by atoms with Crippen LogP contribution in [0.4, 0.5) is 5.95 Å². The Bertz CT molecular complexity index is 626. The molecule has 1 unspecified atom stereocenters. The van der Waals surface area contributed by atoms with E-state index in [1.54, 1.807) is 19.4 Å². The first-order valence-corrected chi connectivity index (χ1v) is 7.70. The van der Waals surface area contributed by atoms with Crippen molar-refractivity contribution in [3.63, 3.8) is 0 Å². The summed E-state index contributed by atoms with van der Waals surface area (Å²) >= 11 is 0. The molecule has 0 bridgehead atoms. The molecular weight excluding hydrogens is 280 g/mol. The summed E-state index contributed by atoms with van der Waals surface area (Å²) in [5, 5.41) is 8.46. The van der Waals surface area contributed by atoms with Crippen LogP contribution in [0.5, 0.6) is 5.88 Å². The molecule has 3 heterocycles. The van der Waals surface area contributed by atoms with E-state index in [0.29, 0.717) is 17.7 Å². The normalized spacial score (nSPS) is 18.2. The maximum Gasteiger partial charge on any atom is 0.229 e. The van der Waals surface area contributed by atoms with E-state index in [-0.39, 0.29) is 6.04 Å². The molecule has 2 aromatic heterocycles. The molecule has 0 spiro atoms. The van der Waals surface area contributed by atoms with Gasteiger partial charge >= 0.3 is 0 Å². The summed E-state index contributed by atoms with van der Waals surface area (Å²) in [5.41, 5.74) is 0. The molecule has 7 heteroatoms. The monoisotopic (exact) mass is 302 g/mol. The second-order valence-electron chi connectivity index (χ2n) is 5.99. The summed E-state index contributed by atoms with van der Waals surface area (Å²) in [6, 6.07) is 1.93. The van der Waals surface area contributed by atoms with Crippen LogP contribution in [0.2, 0.25) is 0 Å². The van der Waals surface area contributed by atoms with Crippen molar-refractivity contribution in [2.45, 2.75) is 39.3 Å². The third-order valence-corrected chi connectivity index (χ3v) is 3.84. The average Bonchev–Trinajstić information content (AvgIpc) is 3.15. The van der Waals surface area contributed by atoms with Crippen LogP contribution in [0.1, 0.15) is 38.6 Å². The van der Waals surface area contributed by atoms with Crippen molar-refractivity contribution in [2.24, 2.45) is 5.92 Å². The second-order valence-corrected chi connectivity index (χ2v) is 5.99. The molecule has 118 valence electrons. The lowest BCUT2D eigenvalue weighted by Gasteiger charge is -2.24. The minimum Gasteiger partial charge on any atom is -0.481 e. The third-order valence-electron chi connectivity index (χ3n) is 3.84. The minimum atomic E-state index is 0.174. The predicted octanol–water partition coefficient (Wildman–Crippen LogP) is 2.07. The number of hydrogen-bond acceptors (Lipinski definition) is 6. The van der Waals surface area contributed by atoms with Gasteiger partial charge in [0.2, 0.25) is 11.8 Å². The highest BCUT2D eigenvalue weighted by atomic mass is 16.5. The maximum absolute atomic E-state index is 5.21. The second kappa shape index (κ2) is 6.29. The van der Waals surface area contributed by atoms with Gasteiger partial charge in [-0.15, -0.1) is 10.2 Å². The van der Waals surface area contributed by atoms with Crippen LogP contribution in [0.3, 0.4) is 0 Å². The van der Waals surface area contributed by atoms with E-state index in [1.165, 1.54) is 0 Å². The summed E-state index contributed by atoms with van der Waals surface area (Å²) in [5.74, 6) is 2.83. The molecule has 0 aliphatic carbocycles. The summed E-state index contributed by atoms with van der Waals surface area (Å²) in [6.07, 6.45) is 5.69. The molecule has 1 aliphatic rings. The number of hydrogen-bond donors (Lipinski definition) is 0. The molecular formula is C15H22N6O. The van der Waals surface area contributed by atoms with Crippen molar-refractivity contribution >= 4 is 5.95 Å². The minimum absolute atomic E-state index is 0.174. The highest BCUT2D eigenvalue weighted by Crippen LogP contribution is 2.33. The van der Waals surface area contributed by atoms with Crippen LogP contribution < -0.4 is 9.64 Å². The molecule has 2 aromatic rings. The van der Waals surface area contributed by atoms with Gasteiger partial charge in [0.25, 0.3) is 0 Å². The van der Waals surface area contributed by atoms with Gasteiger partial charge in [-0.1, -0.05) is 13.8 Å². The van der Waals surface area contributed by atoms with Gasteiger partial charge in [0.15, 0.2) is 5.82 Å². The highest BCUT2D eigenvalue weighted by Gasteiger charge is 2.32. The third kappa shape index (κ3) is 2.88. The molecule has 0 radical (unpaired) electrons. The fourth-order valence-electron chi connectivity index (χ4n) is 2.92. The summed E-state index contributed by atoms with van der Waals surface area (Å²) in [7, 11) is 1.62. The van der Waals surface area contributed by atoms with Gasteiger partial charge in [0.1, 0.15) is 6.33 Å². The topological polar surface area (TPSA) is 69.0 Å². The molecule has 0 amide bonds. The predicted molar refractivity (Wildman–Crippen MR) is 82.8 cm³/mol. The van der Waals surface area contributed by atoms with Gasteiger partial charge in [0, 0.05) is 25.4 Å². The van der Waals surface area contributed by atoms with Crippen LogP contribution >= 0.6 is 0 Å². The van der Waals surface area contributed by atoms with Crippen LogP contribution in [-0.4, -0.2) is 38.4 Å². The zero-order valence-corrected chi connectivity index (χ0v) is 13.3. The van der Waals surface area contributed by atoms with Crippen LogP contribution in [0.25, 0.3) is 0 Å². The van der Waals surface area contributed by atoms with Crippen molar-refractivity contribution in [1.29, 1.82) is 0 Å². The van der Waals surface area contributed by atoms with Gasteiger partial charge in [-0.25, -0.2) is 4.98 Å². The molecule has 1 fully saturated rings. The first-order valence-electron chi connectivity index (χ1n) is 7.70. The Kier molecular flexibility index (Phi) is 4.22. The van der Waals surface area contributed by atoms with Crippen molar-refractivity contribution < 1.29 is 4.74 Å². The Balaban J connectivity index is 1.88. The van der Waals surface area contributed by atoms with Crippen LogP contribution in [-0.2, 0) is 6.54 Å². The van der Waals surface area contributed by atoms with Crippen LogP contribution in [0, 0.1) is 5.92 Å². The van der Waals surface area contributed by atoms with Crippen molar-refractivity contribution in [3.05, 3.63) is 24.4 Å². The largest absolute Gasteiger partial charge is 0.481 e. The van der Waals surface area contributed by atoms with E-state index in [4.69, 9.17) is 4.74 Å². The molecule has 7 nitrogen and oxygen atoms in total. The van der Waals surface area contributed by atoms with Crippen molar-refractivity contribution in [1.82, 2.24) is 24.7 Å². The average molecular weight is 302 g/mol. The number of methoxy groups -OCH3 is 1. The van der Waals surface area contributed by atoms with Gasteiger partial charge in [0.05, 0.1) is 13.2 Å². The Morgan fingerprint density at radius 1 is 1.41 bits per heavy atom. The lowest BCUT2D eigenvalue weighted by atomic mass is 10.2. The van der Waals surface area contributed by atoms with E-state index >= 15 is 0 Å². The van der Waals surface area contributed by atoms with E-state index in [9.17, 15) is 0 Å². The Labute approximate surface area is 130 Å². The number of aromatic nitrogens is 5. The first kappa shape index (κ1) is 14.7. The standard InChI is InChI=1S/C15H22N6O/c1-11(2)9-20-10-17-19-14(20)12-5-4-8-21(12)15-16-7-6-13(18-15)22-3/h6-7,10-12H,4-5,8-9H2,1-3H3. The smallest absolute Gasteiger partial charge is 0.229 e. The van der Waals surface area contributed by atoms with E-state index in [1.807, 2.05) is 6.33 Å². The molecule has 1 saturated heterocycles. The summed E-state index contributed by atoms with van der Waals surface area (Å²) in [4.78, 5) is 11.1. The lowest BCUT2D eigenvalue weighted by molar-refractivity contribution is 0.396. The SMILES string of the molecule is COc1ccnc(N2CCCC2c2nncn2CC(C)C)n1. The molecule has 1 aliphatic heterocycles. The van der Waals surface area contributed by atoms with E-state index < -0.39 is 0 Å². The zero-order chi connectivity index (χ0) is 15.5. The number of anilines is 1. The molecule has 0 aromatic carbocycles. The molecule has 0 N–H and O–H groups in total. The van der Waals surface area contributed by atoms with Gasteiger partial charge in [-0.2, -0.15) is 4.98 Å². The summed E-state index contributed by atoms with van der Waals surface area (Å²) < 4.78 is 7.35.